The molecule has 1 aromatic carbocycles. The van der Waals surface area contributed by atoms with Gasteiger partial charge < -0.3 is 10.1 Å². The van der Waals surface area contributed by atoms with E-state index in [-0.39, 0.29) is 12.1 Å². The Hall–Kier alpha value is -1.23. The van der Waals surface area contributed by atoms with Crippen molar-refractivity contribution >= 4 is 11.3 Å². The summed E-state index contributed by atoms with van der Waals surface area (Å²) in [5, 5.41) is 6.54. The highest BCUT2D eigenvalue weighted by Gasteiger charge is 2.19. The predicted octanol–water partition coefficient (Wildman–Crippen LogP) is 3.94. The van der Waals surface area contributed by atoms with Crippen LogP contribution in [-0.2, 0) is 4.74 Å². The predicted molar refractivity (Wildman–Crippen MR) is 84.1 cm³/mol. The molecule has 0 aliphatic carbocycles. The lowest BCUT2D eigenvalue weighted by Gasteiger charge is -2.15. The fraction of sp³-hybridized carbons (Fsp3) is 0.438. The second kappa shape index (κ2) is 7.53. The molecule has 1 N–H and O–H groups in total. The van der Waals surface area contributed by atoms with Crippen molar-refractivity contribution in [1.82, 2.24) is 10.3 Å². The number of benzene rings is 1. The van der Waals surface area contributed by atoms with E-state index in [0.29, 0.717) is 6.61 Å². The lowest BCUT2D eigenvalue weighted by atomic mass is 10.1. The summed E-state index contributed by atoms with van der Waals surface area (Å²) < 4.78 is 5.89. The molecule has 0 aliphatic heterocycles. The van der Waals surface area contributed by atoms with Crippen molar-refractivity contribution in [2.75, 3.05) is 13.2 Å². The SMILES string of the molecule is CCNC(C)c1csc(C(OCC)c2ccccc2)n1. The van der Waals surface area contributed by atoms with E-state index < -0.39 is 0 Å². The first-order chi connectivity index (χ1) is 9.76. The van der Waals surface area contributed by atoms with Crippen LogP contribution in [0.25, 0.3) is 0 Å². The van der Waals surface area contributed by atoms with Gasteiger partial charge in [0.05, 0.1) is 5.69 Å². The van der Waals surface area contributed by atoms with Crippen LogP contribution in [0.5, 0.6) is 0 Å². The maximum Gasteiger partial charge on any atom is 0.134 e. The van der Waals surface area contributed by atoms with Gasteiger partial charge >= 0.3 is 0 Å². The average Bonchev–Trinajstić information content (AvgIpc) is 2.95. The van der Waals surface area contributed by atoms with Crippen LogP contribution in [0.1, 0.15) is 49.2 Å². The van der Waals surface area contributed by atoms with Crippen LogP contribution in [-0.4, -0.2) is 18.1 Å². The average molecular weight is 290 g/mol. The van der Waals surface area contributed by atoms with Crippen LogP contribution < -0.4 is 5.32 Å². The van der Waals surface area contributed by atoms with Gasteiger partial charge in [0.2, 0.25) is 0 Å². The number of thiazole rings is 1. The van der Waals surface area contributed by atoms with E-state index in [2.05, 4.69) is 36.7 Å². The normalized spacial score (nSPS) is 14.2. The van der Waals surface area contributed by atoms with Crippen LogP contribution in [0.3, 0.4) is 0 Å². The molecule has 0 amide bonds. The summed E-state index contributed by atoms with van der Waals surface area (Å²) in [6.07, 6.45) is -0.0613. The fourth-order valence-electron chi connectivity index (χ4n) is 2.14. The molecule has 20 heavy (non-hydrogen) atoms. The van der Waals surface area contributed by atoms with E-state index in [0.717, 1.165) is 22.8 Å². The van der Waals surface area contributed by atoms with Gasteiger partial charge in [0, 0.05) is 18.0 Å². The van der Waals surface area contributed by atoms with Gasteiger partial charge in [-0.15, -0.1) is 11.3 Å². The molecule has 0 radical (unpaired) electrons. The Kier molecular flexibility index (Phi) is 5.71. The first-order valence-electron chi connectivity index (χ1n) is 7.11. The molecule has 2 rings (SSSR count). The van der Waals surface area contributed by atoms with Crippen LogP contribution in [0.15, 0.2) is 35.7 Å². The van der Waals surface area contributed by atoms with E-state index in [1.807, 2.05) is 25.1 Å². The second-order valence-electron chi connectivity index (χ2n) is 4.64. The highest BCUT2D eigenvalue weighted by Crippen LogP contribution is 2.29. The van der Waals surface area contributed by atoms with Gasteiger partial charge in [-0.1, -0.05) is 37.3 Å². The van der Waals surface area contributed by atoms with Crippen molar-refractivity contribution in [3.63, 3.8) is 0 Å². The van der Waals surface area contributed by atoms with Crippen molar-refractivity contribution in [3.8, 4) is 0 Å². The van der Waals surface area contributed by atoms with E-state index in [1.165, 1.54) is 0 Å². The van der Waals surface area contributed by atoms with Gasteiger partial charge in [-0.2, -0.15) is 0 Å². The molecule has 3 nitrogen and oxygen atoms in total. The molecule has 2 unspecified atom stereocenters. The number of hydrogen-bond acceptors (Lipinski definition) is 4. The Morgan fingerprint density at radius 1 is 1.25 bits per heavy atom. The Balaban J connectivity index is 2.22. The quantitative estimate of drug-likeness (QED) is 0.838. The molecule has 0 fully saturated rings. The van der Waals surface area contributed by atoms with Crippen molar-refractivity contribution in [2.24, 2.45) is 0 Å². The maximum absolute atomic E-state index is 5.89. The smallest absolute Gasteiger partial charge is 0.134 e. The van der Waals surface area contributed by atoms with Gasteiger partial charge in [0.1, 0.15) is 11.1 Å². The summed E-state index contributed by atoms with van der Waals surface area (Å²) in [5.74, 6) is 0. The van der Waals surface area contributed by atoms with Crippen molar-refractivity contribution in [2.45, 2.75) is 32.9 Å². The Labute approximate surface area is 125 Å². The minimum Gasteiger partial charge on any atom is -0.367 e. The minimum atomic E-state index is -0.0613. The summed E-state index contributed by atoms with van der Waals surface area (Å²) >= 11 is 1.67. The topological polar surface area (TPSA) is 34.1 Å². The molecule has 0 spiro atoms. The third kappa shape index (κ3) is 3.66. The number of nitrogens with one attached hydrogen (secondary N) is 1. The first-order valence-corrected chi connectivity index (χ1v) is 7.99. The van der Waals surface area contributed by atoms with E-state index >= 15 is 0 Å². The Morgan fingerprint density at radius 3 is 2.65 bits per heavy atom. The number of nitrogens with zero attached hydrogens (tertiary/aromatic N) is 1. The molecule has 1 aromatic heterocycles. The van der Waals surface area contributed by atoms with Gasteiger partial charge in [-0.25, -0.2) is 4.98 Å². The Bertz CT molecular complexity index is 512. The van der Waals surface area contributed by atoms with Crippen molar-refractivity contribution in [3.05, 3.63) is 52.0 Å². The molecule has 1 heterocycles. The largest absolute Gasteiger partial charge is 0.367 e. The second-order valence-corrected chi connectivity index (χ2v) is 5.53. The molecule has 2 aromatic rings. The van der Waals surface area contributed by atoms with Gasteiger partial charge in [0.15, 0.2) is 0 Å². The molecule has 0 aliphatic rings. The molecule has 0 saturated heterocycles. The number of aromatic nitrogens is 1. The zero-order chi connectivity index (χ0) is 14.4. The van der Waals surface area contributed by atoms with E-state index in [4.69, 9.17) is 9.72 Å². The molecular formula is C16H22N2OS. The number of ether oxygens (including phenoxy) is 1. The fourth-order valence-corrected chi connectivity index (χ4v) is 3.12. The van der Waals surface area contributed by atoms with E-state index in [9.17, 15) is 0 Å². The summed E-state index contributed by atoms with van der Waals surface area (Å²) in [6.45, 7) is 7.89. The number of hydrogen-bond donors (Lipinski definition) is 1. The molecule has 108 valence electrons. The Morgan fingerprint density at radius 2 is 2.00 bits per heavy atom. The van der Waals surface area contributed by atoms with Crippen LogP contribution >= 0.6 is 11.3 Å². The zero-order valence-corrected chi connectivity index (χ0v) is 13.1. The monoisotopic (exact) mass is 290 g/mol. The van der Waals surface area contributed by atoms with Crippen LogP contribution in [0.2, 0.25) is 0 Å². The third-order valence-corrected chi connectivity index (χ3v) is 4.06. The number of rotatable bonds is 7. The van der Waals surface area contributed by atoms with Gasteiger partial charge in [0.25, 0.3) is 0 Å². The molecule has 0 bridgehead atoms. The molecule has 4 heteroatoms. The minimum absolute atomic E-state index is 0.0613. The lowest BCUT2D eigenvalue weighted by molar-refractivity contribution is 0.0910. The van der Waals surface area contributed by atoms with Crippen LogP contribution in [0, 0.1) is 0 Å². The molecule has 0 saturated carbocycles. The molecule has 2 atom stereocenters. The van der Waals surface area contributed by atoms with E-state index in [1.54, 1.807) is 11.3 Å². The summed E-state index contributed by atoms with van der Waals surface area (Å²) in [6, 6.07) is 10.6. The van der Waals surface area contributed by atoms with Crippen molar-refractivity contribution in [1.29, 1.82) is 0 Å². The van der Waals surface area contributed by atoms with Crippen molar-refractivity contribution < 1.29 is 4.74 Å². The first kappa shape index (κ1) is 15.2. The van der Waals surface area contributed by atoms with Gasteiger partial charge in [-0.05, 0) is 26.0 Å². The standard InChI is InChI=1S/C16H22N2OS/c1-4-17-12(3)14-11-20-16(18-14)15(19-5-2)13-9-7-6-8-10-13/h6-12,15,17H,4-5H2,1-3H3. The third-order valence-electron chi connectivity index (χ3n) is 3.15. The van der Waals surface area contributed by atoms with Gasteiger partial charge in [-0.3, -0.25) is 0 Å². The molecular weight excluding hydrogens is 268 g/mol. The highest BCUT2D eigenvalue weighted by molar-refractivity contribution is 7.09. The highest BCUT2D eigenvalue weighted by atomic mass is 32.1. The zero-order valence-electron chi connectivity index (χ0n) is 12.3. The lowest BCUT2D eigenvalue weighted by Crippen LogP contribution is -2.18. The maximum atomic E-state index is 5.89. The summed E-state index contributed by atoms with van der Waals surface area (Å²) in [5.41, 5.74) is 2.25. The summed E-state index contributed by atoms with van der Waals surface area (Å²) in [7, 11) is 0. The summed E-state index contributed by atoms with van der Waals surface area (Å²) in [4.78, 5) is 4.76. The van der Waals surface area contributed by atoms with Crippen LogP contribution in [0.4, 0.5) is 0 Å².